The van der Waals surface area contributed by atoms with Crippen LogP contribution in [0.1, 0.15) is 40.5 Å². The lowest BCUT2D eigenvalue weighted by Gasteiger charge is -2.31. The normalized spacial score (nSPS) is 35.9. The standard InChI is InChI=1S/C13H21NO4/c1-8-5-10(11(14(15)16)6-9(8)2)12-7-17-13(3,4)18-12/h10-12H,5-7H2,1-4H3/t10-,11-,12-/m0/s1. The van der Waals surface area contributed by atoms with Crippen molar-refractivity contribution in [3.05, 3.63) is 21.3 Å². The first-order chi connectivity index (χ1) is 8.30. The van der Waals surface area contributed by atoms with Gasteiger partial charge >= 0.3 is 0 Å². The fraction of sp³-hybridized carbons (Fsp3) is 0.846. The number of nitrogens with zero attached hydrogens (tertiary/aromatic N) is 1. The van der Waals surface area contributed by atoms with Gasteiger partial charge in [0.15, 0.2) is 5.79 Å². The topological polar surface area (TPSA) is 61.6 Å². The molecule has 0 radical (unpaired) electrons. The molecule has 0 saturated carbocycles. The molecule has 2 aliphatic rings. The molecule has 0 aromatic carbocycles. The molecule has 1 aliphatic heterocycles. The Balaban J connectivity index is 2.18. The molecular formula is C13H21NO4. The summed E-state index contributed by atoms with van der Waals surface area (Å²) < 4.78 is 11.3. The van der Waals surface area contributed by atoms with E-state index >= 15 is 0 Å². The molecule has 0 amide bonds. The number of nitro groups is 1. The van der Waals surface area contributed by atoms with Crippen LogP contribution >= 0.6 is 0 Å². The Morgan fingerprint density at radius 3 is 2.39 bits per heavy atom. The van der Waals surface area contributed by atoms with Crippen molar-refractivity contribution < 1.29 is 14.4 Å². The van der Waals surface area contributed by atoms with Crippen molar-refractivity contribution in [3.8, 4) is 0 Å². The van der Waals surface area contributed by atoms with E-state index in [0.29, 0.717) is 13.0 Å². The zero-order valence-electron chi connectivity index (χ0n) is 11.4. The first kappa shape index (κ1) is 13.5. The van der Waals surface area contributed by atoms with Crippen LogP contribution in [0.3, 0.4) is 0 Å². The fourth-order valence-electron chi connectivity index (χ4n) is 2.84. The van der Waals surface area contributed by atoms with E-state index in [-0.39, 0.29) is 16.9 Å². The molecule has 0 bridgehead atoms. The van der Waals surface area contributed by atoms with Gasteiger partial charge in [-0.1, -0.05) is 11.1 Å². The first-order valence-electron chi connectivity index (χ1n) is 6.40. The second-order valence-electron chi connectivity index (χ2n) is 5.85. The Hall–Kier alpha value is -0.940. The molecule has 1 aliphatic carbocycles. The lowest BCUT2D eigenvalue weighted by molar-refractivity contribution is -0.535. The van der Waals surface area contributed by atoms with Crippen molar-refractivity contribution in [3.63, 3.8) is 0 Å². The molecule has 0 aromatic rings. The molecule has 0 unspecified atom stereocenters. The van der Waals surface area contributed by atoms with E-state index in [1.165, 1.54) is 5.57 Å². The first-order valence-corrected chi connectivity index (χ1v) is 6.40. The summed E-state index contributed by atoms with van der Waals surface area (Å²) >= 11 is 0. The molecule has 1 heterocycles. The number of hydrogen-bond acceptors (Lipinski definition) is 4. The SMILES string of the molecule is CC1=C(C)C[C@H]([N+](=O)[O-])[C@@H]([C@@H]2COC(C)(C)O2)C1. The second-order valence-corrected chi connectivity index (χ2v) is 5.85. The Bertz CT molecular complexity index is 388. The van der Waals surface area contributed by atoms with Crippen molar-refractivity contribution in [2.75, 3.05) is 6.61 Å². The number of allylic oxidation sites excluding steroid dienone is 1. The van der Waals surface area contributed by atoms with Crippen LogP contribution in [0.15, 0.2) is 11.1 Å². The lowest BCUT2D eigenvalue weighted by atomic mass is 9.78. The van der Waals surface area contributed by atoms with Gasteiger partial charge in [0.2, 0.25) is 6.04 Å². The minimum Gasteiger partial charge on any atom is -0.348 e. The highest BCUT2D eigenvalue weighted by molar-refractivity contribution is 5.17. The smallest absolute Gasteiger partial charge is 0.222 e. The Kier molecular flexibility index (Phi) is 3.47. The van der Waals surface area contributed by atoms with E-state index in [4.69, 9.17) is 9.47 Å². The van der Waals surface area contributed by atoms with Crippen molar-refractivity contribution in [2.45, 2.75) is 58.5 Å². The molecule has 2 rings (SSSR count). The molecule has 5 heteroatoms. The molecule has 1 saturated heterocycles. The minimum atomic E-state index is -0.615. The zero-order valence-corrected chi connectivity index (χ0v) is 11.4. The third-order valence-corrected chi connectivity index (χ3v) is 4.06. The van der Waals surface area contributed by atoms with E-state index in [0.717, 1.165) is 12.0 Å². The fourth-order valence-corrected chi connectivity index (χ4v) is 2.84. The van der Waals surface area contributed by atoms with Gasteiger partial charge in [0, 0.05) is 11.3 Å². The maximum absolute atomic E-state index is 11.2. The summed E-state index contributed by atoms with van der Waals surface area (Å²) in [6.07, 6.45) is 1.10. The van der Waals surface area contributed by atoms with Crippen molar-refractivity contribution in [1.82, 2.24) is 0 Å². The Morgan fingerprint density at radius 2 is 1.89 bits per heavy atom. The monoisotopic (exact) mass is 255 g/mol. The highest BCUT2D eigenvalue weighted by Crippen LogP contribution is 2.38. The molecule has 18 heavy (non-hydrogen) atoms. The molecule has 0 spiro atoms. The Morgan fingerprint density at radius 1 is 1.28 bits per heavy atom. The lowest BCUT2D eigenvalue weighted by Crippen LogP contribution is -2.41. The predicted octanol–water partition coefficient (Wildman–Crippen LogP) is 2.53. The number of rotatable bonds is 2. The van der Waals surface area contributed by atoms with Crippen molar-refractivity contribution in [2.24, 2.45) is 5.92 Å². The molecule has 1 fully saturated rings. The molecule has 0 aromatic heterocycles. The second kappa shape index (κ2) is 4.63. The van der Waals surface area contributed by atoms with Crippen molar-refractivity contribution >= 4 is 0 Å². The van der Waals surface area contributed by atoms with E-state index < -0.39 is 11.8 Å². The van der Waals surface area contributed by atoms with E-state index in [1.54, 1.807) is 0 Å². The van der Waals surface area contributed by atoms with E-state index in [9.17, 15) is 10.1 Å². The third-order valence-electron chi connectivity index (χ3n) is 4.06. The molecule has 102 valence electrons. The van der Waals surface area contributed by atoms with Crippen LogP contribution in [0, 0.1) is 16.0 Å². The van der Waals surface area contributed by atoms with Gasteiger partial charge in [0.25, 0.3) is 0 Å². The van der Waals surface area contributed by atoms with Crippen LogP contribution in [0.2, 0.25) is 0 Å². The summed E-state index contributed by atoms with van der Waals surface area (Å²) in [4.78, 5) is 11.1. The third kappa shape index (κ3) is 2.57. The average molecular weight is 255 g/mol. The van der Waals surface area contributed by atoms with Crippen LogP contribution in [0.4, 0.5) is 0 Å². The highest BCUT2D eigenvalue weighted by Gasteiger charge is 2.46. The summed E-state index contributed by atoms with van der Waals surface area (Å²) in [6.45, 7) is 8.20. The molecule has 5 nitrogen and oxygen atoms in total. The van der Waals surface area contributed by atoms with Gasteiger partial charge < -0.3 is 9.47 Å². The Labute approximate surface area is 107 Å². The summed E-state index contributed by atoms with van der Waals surface area (Å²) in [5, 5.41) is 11.2. The van der Waals surface area contributed by atoms with Crippen LogP contribution in [-0.2, 0) is 9.47 Å². The molecular weight excluding hydrogens is 234 g/mol. The number of ether oxygens (including phenoxy) is 2. The summed E-state index contributed by atoms with van der Waals surface area (Å²) in [6, 6.07) is -0.545. The maximum Gasteiger partial charge on any atom is 0.222 e. The van der Waals surface area contributed by atoms with Gasteiger partial charge in [-0.25, -0.2) is 0 Å². The van der Waals surface area contributed by atoms with Gasteiger partial charge in [-0.2, -0.15) is 0 Å². The van der Waals surface area contributed by atoms with Gasteiger partial charge in [-0.3, -0.25) is 10.1 Å². The quantitative estimate of drug-likeness (QED) is 0.432. The average Bonchev–Trinajstić information content (AvgIpc) is 2.62. The van der Waals surface area contributed by atoms with Crippen LogP contribution < -0.4 is 0 Å². The van der Waals surface area contributed by atoms with E-state index in [1.807, 2.05) is 20.8 Å². The molecule has 0 N–H and O–H groups in total. The van der Waals surface area contributed by atoms with Gasteiger partial charge in [0.05, 0.1) is 18.6 Å². The van der Waals surface area contributed by atoms with Gasteiger partial charge in [0.1, 0.15) is 0 Å². The predicted molar refractivity (Wildman–Crippen MR) is 66.8 cm³/mol. The molecule has 3 atom stereocenters. The van der Waals surface area contributed by atoms with Crippen LogP contribution in [-0.4, -0.2) is 29.5 Å². The minimum absolute atomic E-state index is 0.0783. The van der Waals surface area contributed by atoms with Gasteiger partial charge in [-0.15, -0.1) is 0 Å². The van der Waals surface area contributed by atoms with Crippen molar-refractivity contribution in [1.29, 1.82) is 0 Å². The van der Waals surface area contributed by atoms with Crippen LogP contribution in [0.5, 0.6) is 0 Å². The van der Waals surface area contributed by atoms with Gasteiger partial charge in [-0.05, 0) is 34.1 Å². The maximum atomic E-state index is 11.2. The highest BCUT2D eigenvalue weighted by atomic mass is 16.7. The summed E-state index contributed by atoms with van der Waals surface area (Å²) in [5.74, 6) is -0.693. The summed E-state index contributed by atoms with van der Waals surface area (Å²) in [5.41, 5.74) is 2.40. The largest absolute Gasteiger partial charge is 0.348 e. The number of hydrogen-bond donors (Lipinski definition) is 0. The summed E-state index contributed by atoms with van der Waals surface area (Å²) in [7, 11) is 0. The van der Waals surface area contributed by atoms with E-state index in [2.05, 4.69) is 6.92 Å². The van der Waals surface area contributed by atoms with Crippen LogP contribution in [0.25, 0.3) is 0 Å². The zero-order chi connectivity index (χ0) is 13.5.